The molecule has 0 saturated carbocycles. The van der Waals surface area contributed by atoms with E-state index in [1.54, 1.807) is 6.92 Å². The van der Waals surface area contributed by atoms with Gasteiger partial charge >= 0.3 is 5.97 Å². The molecule has 2 N–H and O–H groups in total. The van der Waals surface area contributed by atoms with Crippen LogP contribution in [0, 0.1) is 12.7 Å². The van der Waals surface area contributed by atoms with Crippen molar-refractivity contribution in [2.45, 2.75) is 6.92 Å². The molecule has 0 aliphatic rings. The number of aryl methyl sites for hydroxylation is 1. The second-order valence-electron chi connectivity index (χ2n) is 3.99. The van der Waals surface area contributed by atoms with E-state index < -0.39 is 17.7 Å². The molecule has 0 radical (unpaired) electrons. The zero-order chi connectivity index (χ0) is 14.9. The van der Waals surface area contributed by atoms with E-state index in [-0.39, 0.29) is 20.6 Å². The van der Waals surface area contributed by atoms with Crippen molar-refractivity contribution in [3.63, 3.8) is 0 Å². The van der Waals surface area contributed by atoms with Crippen LogP contribution >= 0.6 is 27.3 Å². The molecule has 1 heterocycles. The molecule has 7 heteroatoms. The zero-order valence-corrected chi connectivity index (χ0v) is 12.6. The maximum absolute atomic E-state index is 13.4. The number of hydrogen-bond donors (Lipinski definition) is 2. The molecule has 0 aliphatic carbocycles. The SMILES string of the molecule is Cc1cc(C(=O)O)c(NC(=O)c2ccc(Br)c(F)c2)s1. The molecule has 0 fully saturated rings. The fourth-order valence-corrected chi connectivity index (χ4v) is 2.72. The molecule has 1 amide bonds. The predicted molar refractivity (Wildman–Crippen MR) is 78.1 cm³/mol. The normalized spacial score (nSPS) is 10.3. The number of benzene rings is 1. The Kier molecular flexibility index (Phi) is 4.20. The van der Waals surface area contributed by atoms with Crippen molar-refractivity contribution in [2.24, 2.45) is 0 Å². The summed E-state index contributed by atoms with van der Waals surface area (Å²) in [6.07, 6.45) is 0. The van der Waals surface area contributed by atoms with E-state index in [9.17, 15) is 14.0 Å². The van der Waals surface area contributed by atoms with Gasteiger partial charge in [-0.2, -0.15) is 0 Å². The molecule has 104 valence electrons. The van der Waals surface area contributed by atoms with Crippen LogP contribution < -0.4 is 5.32 Å². The van der Waals surface area contributed by atoms with Crippen LogP contribution in [-0.2, 0) is 0 Å². The highest BCUT2D eigenvalue weighted by atomic mass is 79.9. The summed E-state index contributed by atoms with van der Waals surface area (Å²) in [5.74, 6) is -2.23. The van der Waals surface area contributed by atoms with Crippen molar-refractivity contribution < 1.29 is 19.1 Å². The predicted octanol–water partition coefficient (Wildman–Crippen LogP) is 3.91. The molecule has 20 heavy (non-hydrogen) atoms. The number of carboxylic acid groups (broad SMARTS) is 1. The monoisotopic (exact) mass is 357 g/mol. The lowest BCUT2D eigenvalue weighted by Gasteiger charge is -2.05. The number of carboxylic acids is 1. The summed E-state index contributed by atoms with van der Waals surface area (Å²) in [5, 5.41) is 11.8. The van der Waals surface area contributed by atoms with Crippen LogP contribution in [0.4, 0.5) is 9.39 Å². The summed E-state index contributed by atoms with van der Waals surface area (Å²) in [6, 6.07) is 5.43. The first-order chi connectivity index (χ1) is 9.38. The maximum Gasteiger partial charge on any atom is 0.338 e. The molecule has 0 atom stereocenters. The largest absolute Gasteiger partial charge is 0.478 e. The quantitative estimate of drug-likeness (QED) is 0.874. The Hall–Kier alpha value is -1.73. The van der Waals surface area contributed by atoms with Gasteiger partial charge in [-0.15, -0.1) is 11.3 Å². The minimum absolute atomic E-state index is 0.0263. The smallest absolute Gasteiger partial charge is 0.338 e. The van der Waals surface area contributed by atoms with Gasteiger partial charge in [0.1, 0.15) is 10.8 Å². The first kappa shape index (κ1) is 14.7. The van der Waals surface area contributed by atoms with Gasteiger partial charge in [0.2, 0.25) is 0 Å². The van der Waals surface area contributed by atoms with Crippen molar-refractivity contribution in [1.82, 2.24) is 0 Å². The van der Waals surface area contributed by atoms with E-state index >= 15 is 0 Å². The van der Waals surface area contributed by atoms with Gasteiger partial charge in [-0.3, -0.25) is 4.79 Å². The molecule has 0 bridgehead atoms. The number of amides is 1. The third kappa shape index (κ3) is 3.05. The van der Waals surface area contributed by atoms with E-state index in [4.69, 9.17) is 5.11 Å². The Bertz CT molecular complexity index is 699. The highest BCUT2D eigenvalue weighted by molar-refractivity contribution is 9.10. The van der Waals surface area contributed by atoms with Crippen molar-refractivity contribution >= 4 is 44.1 Å². The molecular weight excluding hydrogens is 349 g/mol. The van der Waals surface area contributed by atoms with Crippen LogP contribution in [0.15, 0.2) is 28.7 Å². The van der Waals surface area contributed by atoms with Gasteiger partial charge in [0, 0.05) is 10.4 Å². The molecule has 2 rings (SSSR count). The minimum Gasteiger partial charge on any atom is -0.478 e. The lowest BCUT2D eigenvalue weighted by molar-refractivity contribution is 0.0698. The number of hydrogen-bond acceptors (Lipinski definition) is 3. The molecule has 0 unspecified atom stereocenters. The number of aromatic carboxylic acids is 1. The molecule has 2 aromatic rings. The Morgan fingerprint density at radius 3 is 2.65 bits per heavy atom. The van der Waals surface area contributed by atoms with Gasteiger partial charge in [-0.25, -0.2) is 9.18 Å². The average Bonchev–Trinajstić information content (AvgIpc) is 2.73. The van der Waals surface area contributed by atoms with Gasteiger partial charge in [-0.1, -0.05) is 0 Å². The number of carbonyl (C=O) groups is 2. The minimum atomic E-state index is -1.12. The summed E-state index contributed by atoms with van der Waals surface area (Å²) in [5.41, 5.74) is 0.145. The summed E-state index contributed by atoms with van der Waals surface area (Å²) in [7, 11) is 0. The molecule has 0 aliphatic heterocycles. The van der Waals surface area contributed by atoms with Crippen LogP contribution in [0.3, 0.4) is 0 Å². The van der Waals surface area contributed by atoms with Crippen LogP contribution in [0.1, 0.15) is 25.6 Å². The average molecular weight is 358 g/mol. The van der Waals surface area contributed by atoms with E-state index in [1.165, 1.54) is 18.2 Å². The van der Waals surface area contributed by atoms with Crippen LogP contribution in [0.2, 0.25) is 0 Å². The lowest BCUT2D eigenvalue weighted by atomic mass is 10.2. The molecule has 4 nitrogen and oxygen atoms in total. The van der Waals surface area contributed by atoms with Gasteiger partial charge in [0.15, 0.2) is 0 Å². The second kappa shape index (κ2) is 5.72. The Morgan fingerprint density at radius 2 is 2.05 bits per heavy atom. The van der Waals surface area contributed by atoms with Gasteiger partial charge in [0.05, 0.1) is 10.0 Å². The number of halogens is 2. The van der Waals surface area contributed by atoms with E-state index in [1.807, 2.05) is 0 Å². The molecule has 1 aromatic heterocycles. The van der Waals surface area contributed by atoms with Crippen LogP contribution in [-0.4, -0.2) is 17.0 Å². The van der Waals surface area contributed by atoms with Gasteiger partial charge in [0.25, 0.3) is 5.91 Å². The fourth-order valence-electron chi connectivity index (χ4n) is 1.58. The third-order valence-electron chi connectivity index (χ3n) is 2.49. The first-order valence-corrected chi connectivity index (χ1v) is 7.09. The van der Waals surface area contributed by atoms with Crippen molar-refractivity contribution in [2.75, 3.05) is 5.32 Å². The van der Waals surface area contributed by atoms with Crippen LogP contribution in [0.5, 0.6) is 0 Å². The van der Waals surface area contributed by atoms with E-state index in [2.05, 4.69) is 21.2 Å². The number of carbonyl (C=O) groups excluding carboxylic acids is 1. The van der Waals surface area contributed by atoms with E-state index in [0.717, 1.165) is 22.3 Å². The zero-order valence-electron chi connectivity index (χ0n) is 10.2. The second-order valence-corrected chi connectivity index (χ2v) is 6.10. The molecular formula is C13H9BrFNO3S. The third-order valence-corrected chi connectivity index (χ3v) is 4.10. The van der Waals surface area contributed by atoms with Crippen molar-refractivity contribution in [1.29, 1.82) is 0 Å². The summed E-state index contributed by atoms with van der Waals surface area (Å²) in [6.45, 7) is 1.74. The van der Waals surface area contributed by atoms with E-state index in [0.29, 0.717) is 0 Å². The van der Waals surface area contributed by atoms with Crippen molar-refractivity contribution in [3.05, 3.63) is 50.6 Å². The maximum atomic E-state index is 13.4. The number of thiophene rings is 1. The first-order valence-electron chi connectivity index (χ1n) is 5.48. The Morgan fingerprint density at radius 1 is 1.35 bits per heavy atom. The highest BCUT2D eigenvalue weighted by Crippen LogP contribution is 2.28. The number of rotatable bonds is 3. The number of anilines is 1. The standard InChI is InChI=1S/C13H9BrFNO3S/c1-6-4-8(13(18)19)12(20-6)16-11(17)7-2-3-9(14)10(15)5-7/h2-5H,1H3,(H,16,17)(H,18,19). The fraction of sp³-hybridized carbons (Fsp3) is 0.0769. The van der Waals surface area contributed by atoms with Crippen LogP contribution in [0.25, 0.3) is 0 Å². The summed E-state index contributed by atoms with van der Waals surface area (Å²) >= 11 is 4.15. The molecule has 0 saturated heterocycles. The summed E-state index contributed by atoms with van der Waals surface area (Å²) in [4.78, 5) is 23.8. The topological polar surface area (TPSA) is 66.4 Å². The van der Waals surface area contributed by atoms with Gasteiger partial charge in [-0.05, 0) is 47.1 Å². The Balaban J connectivity index is 2.27. The molecule has 0 spiro atoms. The van der Waals surface area contributed by atoms with Gasteiger partial charge < -0.3 is 10.4 Å². The van der Waals surface area contributed by atoms with Crippen molar-refractivity contribution in [3.8, 4) is 0 Å². The highest BCUT2D eigenvalue weighted by Gasteiger charge is 2.17. The summed E-state index contributed by atoms with van der Waals surface area (Å²) < 4.78 is 13.6. The Labute approximate surface area is 126 Å². The number of nitrogens with one attached hydrogen (secondary N) is 1. The molecule has 1 aromatic carbocycles. The lowest BCUT2D eigenvalue weighted by Crippen LogP contribution is -2.13.